The fourth-order valence-electron chi connectivity index (χ4n) is 4.48. The second-order valence-corrected chi connectivity index (χ2v) is 11.3. The zero-order valence-electron chi connectivity index (χ0n) is 21.3. The van der Waals surface area contributed by atoms with Crippen molar-refractivity contribution in [1.82, 2.24) is 0 Å². The van der Waals surface area contributed by atoms with Crippen molar-refractivity contribution in [3.63, 3.8) is 0 Å². The van der Waals surface area contributed by atoms with Gasteiger partial charge in [-0.15, -0.1) is 0 Å². The average Bonchev–Trinajstić information content (AvgIpc) is 2.81. The lowest BCUT2D eigenvalue weighted by atomic mass is 9.84. The van der Waals surface area contributed by atoms with Gasteiger partial charge in [-0.2, -0.15) is 0 Å². The molecule has 0 aliphatic heterocycles. The molecule has 0 aliphatic carbocycles. The van der Waals surface area contributed by atoms with E-state index in [4.69, 9.17) is 0 Å². The minimum Gasteiger partial charge on any atom is -0.289 e. The second kappa shape index (κ2) is 10.2. The number of aryl methyl sites for hydroxylation is 3. The van der Waals surface area contributed by atoms with Crippen molar-refractivity contribution in [3.05, 3.63) is 99.1 Å². The summed E-state index contributed by atoms with van der Waals surface area (Å²) in [4.78, 5) is 27.0. The summed E-state index contributed by atoms with van der Waals surface area (Å²) in [5.74, 6) is -0.112. The largest absolute Gasteiger partial charge is 0.459 e. The molecular weight excluding hydrogens is 439 g/mol. The van der Waals surface area contributed by atoms with Crippen molar-refractivity contribution in [1.29, 1.82) is 0 Å². The third-order valence-corrected chi connectivity index (χ3v) is 7.94. The summed E-state index contributed by atoms with van der Waals surface area (Å²) in [6.45, 7) is 14.2. The first-order valence-corrected chi connectivity index (χ1v) is 13.1. The van der Waals surface area contributed by atoms with Gasteiger partial charge >= 0.3 is 13.3 Å². The minimum atomic E-state index is -2.39. The smallest absolute Gasteiger partial charge is 0.289 e. The van der Waals surface area contributed by atoms with Crippen molar-refractivity contribution in [2.75, 3.05) is 0 Å². The van der Waals surface area contributed by atoms with Crippen LogP contribution in [0.2, 0.25) is 0 Å². The highest BCUT2D eigenvalue weighted by Gasteiger charge is 2.40. The van der Waals surface area contributed by atoms with Crippen LogP contribution < -0.4 is 5.30 Å². The van der Waals surface area contributed by atoms with Gasteiger partial charge in [0, 0.05) is 22.3 Å². The molecule has 3 rings (SSSR count). The molecule has 0 amide bonds. The molecule has 0 aliphatic rings. The van der Waals surface area contributed by atoms with E-state index in [9.17, 15) is 14.2 Å². The predicted octanol–water partition coefficient (Wildman–Crippen LogP) is 7.25. The van der Waals surface area contributed by atoms with Gasteiger partial charge in [-0.1, -0.05) is 93.8 Å². The highest BCUT2D eigenvalue weighted by molar-refractivity contribution is 7.71. The van der Waals surface area contributed by atoms with Crippen molar-refractivity contribution in [2.24, 2.45) is 0 Å². The maximum Gasteiger partial charge on any atom is 0.459 e. The molecule has 0 fully saturated rings. The second-order valence-electron chi connectivity index (χ2n) is 9.84. The number of hydrogen-bond donors (Lipinski definition) is 0. The normalized spacial score (nSPS) is 11.9. The van der Waals surface area contributed by atoms with Crippen LogP contribution in [0.25, 0.3) is 0 Å². The Morgan fingerprint density at radius 2 is 1.44 bits per heavy atom. The predicted molar refractivity (Wildman–Crippen MR) is 141 cm³/mol. The summed E-state index contributed by atoms with van der Waals surface area (Å²) in [7, 11) is -2.39. The quantitative estimate of drug-likeness (QED) is 0.268. The number of benzene rings is 3. The van der Waals surface area contributed by atoms with Crippen molar-refractivity contribution >= 4 is 24.4 Å². The van der Waals surface area contributed by atoms with Gasteiger partial charge in [0.25, 0.3) is 0 Å². The van der Waals surface area contributed by atoms with Gasteiger partial charge in [-0.3, -0.25) is 4.79 Å². The molecule has 0 bridgehead atoms. The molecule has 0 heterocycles. The van der Waals surface area contributed by atoms with Gasteiger partial charge < -0.3 is 0 Å². The summed E-state index contributed by atoms with van der Waals surface area (Å²) in [6, 6.07) is 16.8. The molecule has 0 spiro atoms. The molecule has 1 unspecified atom stereocenters. The lowest BCUT2D eigenvalue weighted by molar-refractivity contribution is 0.103. The molecule has 0 aromatic heterocycles. The maximum absolute atomic E-state index is 13.9. The van der Waals surface area contributed by atoms with Crippen molar-refractivity contribution < 1.29 is 14.2 Å². The Balaban J connectivity index is 2.15. The van der Waals surface area contributed by atoms with E-state index in [1.54, 1.807) is 12.1 Å². The number of rotatable bonds is 7. The molecule has 0 radical (unpaired) electrons. The topological polar surface area (TPSA) is 51.2 Å². The first-order chi connectivity index (χ1) is 16.0. The van der Waals surface area contributed by atoms with E-state index < -0.39 is 7.80 Å². The summed E-state index contributed by atoms with van der Waals surface area (Å²) in [5.41, 5.74) is 5.62. The van der Waals surface area contributed by atoms with E-state index in [2.05, 4.69) is 20.8 Å². The maximum atomic E-state index is 13.9. The lowest BCUT2D eigenvalue weighted by Crippen LogP contribution is -2.20. The lowest BCUT2D eigenvalue weighted by Gasteiger charge is -2.21. The molecule has 34 heavy (non-hydrogen) atoms. The Labute approximate surface area is 204 Å². The van der Waals surface area contributed by atoms with Gasteiger partial charge in [0.15, 0.2) is 5.78 Å². The first kappa shape index (κ1) is 25.7. The van der Waals surface area contributed by atoms with Gasteiger partial charge in [-0.05, 0) is 48.8 Å². The van der Waals surface area contributed by atoms with Crippen LogP contribution in [0.5, 0.6) is 0 Å². The van der Waals surface area contributed by atoms with Gasteiger partial charge in [0.05, 0.1) is 5.56 Å². The van der Waals surface area contributed by atoms with E-state index in [-0.39, 0.29) is 16.7 Å². The third-order valence-electron chi connectivity index (χ3n) is 6.38. The zero-order valence-corrected chi connectivity index (χ0v) is 22.2. The SMILES string of the molecule is CCc1ccc(C(=O)c2ccccc2)c(CC)c1[P+](=O)C(=O)c1c(C)cc(C(C)(C)C)cc1C. The first-order valence-electron chi connectivity index (χ1n) is 11.9. The Kier molecular flexibility index (Phi) is 7.68. The molecule has 4 heteroatoms. The van der Waals surface area contributed by atoms with Gasteiger partial charge in [0.1, 0.15) is 0 Å². The Hall–Kier alpha value is -2.90. The van der Waals surface area contributed by atoms with Crippen molar-refractivity contribution in [3.8, 4) is 0 Å². The Morgan fingerprint density at radius 1 is 0.853 bits per heavy atom. The van der Waals surface area contributed by atoms with Crippen LogP contribution in [0.4, 0.5) is 0 Å². The highest BCUT2D eigenvalue weighted by Crippen LogP contribution is 2.36. The van der Waals surface area contributed by atoms with Crippen LogP contribution in [-0.4, -0.2) is 11.3 Å². The van der Waals surface area contributed by atoms with Crippen LogP contribution in [0.1, 0.15) is 88.7 Å². The standard InChI is InChI=1S/C30H34O3P/c1-8-21-15-16-25(27(31)22-13-11-10-12-14-22)24(9-2)28(21)34(33)29(32)26-19(3)17-23(18-20(26)4)30(5,6)7/h10-18H,8-9H2,1-7H3/q+1. The molecule has 3 aromatic rings. The van der Waals surface area contributed by atoms with E-state index >= 15 is 0 Å². The molecule has 3 nitrogen and oxygen atoms in total. The van der Waals surface area contributed by atoms with Crippen molar-refractivity contribution in [2.45, 2.75) is 66.7 Å². The van der Waals surface area contributed by atoms with E-state index in [0.29, 0.717) is 40.4 Å². The fourth-order valence-corrected chi connectivity index (χ4v) is 6.25. The van der Waals surface area contributed by atoms with Gasteiger partial charge in [0.2, 0.25) is 5.30 Å². The summed E-state index contributed by atoms with van der Waals surface area (Å²) < 4.78 is 13.9. The van der Waals surface area contributed by atoms with Crippen LogP contribution in [-0.2, 0) is 22.8 Å². The monoisotopic (exact) mass is 473 g/mol. The molecule has 0 N–H and O–H groups in total. The number of carbonyl (C=O) groups is 2. The zero-order chi connectivity index (χ0) is 25.2. The van der Waals surface area contributed by atoms with Crippen LogP contribution >= 0.6 is 7.80 Å². The Morgan fingerprint density at radius 3 is 1.94 bits per heavy atom. The number of carbonyl (C=O) groups excluding carboxylic acids is 2. The third kappa shape index (κ3) is 4.95. The van der Waals surface area contributed by atoms with Crippen LogP contribution in [0.3, 0.4) is 0 Å². The van der Waals surface area contributed by atoms with Crippen LogP contribution in [0, 0.1) is 13.8 Å². The number of hydrogen-bond acceptors (Lipinski definition) is 3. The summed E-state index contributed by atoms with van der Waals surface area (Å²) >= 11 is 0. The fraction of sp³-hybridized carbons (Fsp3) is 0.333. The summed E-state index contributed by atoms with van der Waals surface area (Å²) in [5, 5.41) is 0.533. The average molecular weight is 474 g/mol. The highest BCUT2D eigenvalue weighted by atomic mass is 31.1. The molecule has 176 valence electrons. The molecular formula is C30H34O3P+. The minimum absolute atomic E-state index is 0.0454. The summed E-state index contributed by atoms with van der Waals surface area (Å²) in [6.07, 6.45) is 1.16. The molecule has 3 aromatic carbocycles. The molecule has 0 saturated carbocycles. The molecule has 1 atom stereocenters. The van der Waals surface area contributed by atoms with Gasteiger partial charge in [-0.25, -0.2) is 4.79 Å². The van der Waals surface area contributed by atoms with Crippen LogP contribution in [0.15, 0.2) is 54.6 Å². The Bertz CT molecular complexity index is 1240. The van der Waals surface area contributed by atoms with E-state index in [1.807, 2.05) is 70.2 Å². The van der Waals surface area contributed by atoms with E-state index in [1.165, 1.54) is 0 Å². The number of ketones is 1. The molecule has 0 saturated heterocycles. The van der Waals surface area contributed by atoms with E-state index in [0.717, 1.165) is 22.3 Å².